The third-order valence-electron chi connectivity index (χ3n) is 4.12. The summed E-state index contributed by atoms with van der Waals surface area (Å²) in [4.78, 5) is 8.89. The van der Waals surface area contributed by atoms with E-state index in [2.05, 4.69) is 39.0 Å². The van der Waals surface area contributed by atoms with Crippen molar-refractivity contribution in [3.63, 3.8) is 0 Å². The number of hydrogen-bond acceptors (Lipinski definition) is 4. The van der Waals surface area contributed by atoms with Crippen molar-refractivity contribution in [2.45, 2.75) is 46.2 Å². The molecule has 10 heteroatoms. The van der Waals surface area contributed by atoms with Gasteiger partial charge in [-0.1, -0.05) is 19.9 Å². The van der Waals surface area contributed by atoms with Crippen LogP contribution in [0.3, 0.4) is 0 Å². The summed E-state index contributed by atoms with van der Waals surface area (Å²) in [6, 6.07) is 4.11. The maximum Gasteiger partial charge on any atom is 0.191 e. The van der Waals surface area contributed by atoms with Crippen molar-refractivity contribution < 1.29 is 12.8 Å². The first-order valence-corrected chi connectivity index (χ1v) is 11.7. The number of hydrogen-bond donors (Lipinski definition) is 2. The Kier molecular flexibility index (Phi) is 10.7. The van der Waals surface area contributed by atoms with Crippen molar-refractivity contribution in [2.24, 2.45) is 10.9 Å². The standard InChI is InChI=1S/C20H30FN5O2S.HI/c1-5-22-20(25-12-19-23-8-9-26(19)13-15(2)3)24-11-17-10-18(21)7-6-16(17)14-29(4,27)28;/h6-10,15H,5,11-14H2,1-4H3,(H2,22,24,25);1H. The SMILES string of the molecule is CCNC(=NCc1cc(F)ccc1CS(C)(=O)=O)NCc1nccn1CC(C)C.I. The summed E-state index contributed by atoms with van der Waals surface area (Å²) in [6.07, 6.45) is 4.88. The molecule has 2 aromatic rings. The number of aliphatic imine (C=N–C) groups is 1. The fraction of sp³-hybridized carbons (Fsp3) is 0.500. The second-order valence-electron chi connectivity index (χ2n) is 7.42. The topological polar surface area (TPSA) is 88.4 Å². The molecule has 168 valence electrons. The van der Waals surface area contributed by atoms with E-state index < -0.39 is 15.7 Å². The summed E-state index contributed by atoms with van der Waals surface area (Å²) in [5, 5.41) is 6.38. The molecule has 0 radical (unpaired) electrons. The molecule has 2 rings (SSSR count). The number of nitrogens with one attached hydrogen (secondary N) is 2. The predicted molar refractivity (Wildman–Crippen MR) is 129 cm³/mol. The molecule has 1 aromatic heterocycles. The summed E-state index contributed by atoms with van der Waals surface area (Å²) >= 11 is 0. The van der Waals surface area contributed by atoms with Crippen LogP contribution < -0.4 is 10.6 Å². The summed E-state index contributed by atoms with van der Waals surface area (Å²) in [6.45, 7) is 8.44. The molecule has 0 fully saturated rings. The van der Waals surface area contributed by atoms with Crippen molar-refractivity contribution in [2.75, 3.05) is 12.8 Å². The maximum absolute atomic E-state index is 13.7. The lowest BCUT2D eigenvalue weighted by Crippen LogP contribution is -2.37. The van der Waals surface area contributed by atoms with Gasteiger partial charge in [-0.2, -0.15) is 0 Å². The average molecular weight is 551 g/mol. The van der Waals surface area contributed by atoms with E-state index in [1.165, 1.54) is 18.2 Å². The molecule has 0 amide bonds. The summed E-state index contributed by atoms with van der Waals surface area (Å²) < 4.78 is 39.1. The molecule has 30 heavy (non-hydrogen) atoms. The van der Waals surface area contributed by atoms with Crippen LogP contribution in [0.25, 0.3) is 0 Å². The van der Waals surface area contributed by atoms with E-state index in [1.54, 1.807) is 6.20 Å². The lowest BCUT2D eigenvalue weighted by Gasteiger charge is -2.14. The Morgan fingerprint density at radius 1 is 1.27 bits per heavy atom. The minimum absolute atomic E-state index is 0. The normalized spacial score (nSPS) is 12.0. The zero-order valence-electron chi connectivity index (χ0n) is 17.9. The Bertz CT molecular complexity index is 944. The van der Waals surface area contributed by atoms with Crippen LogP contribution in [0.4, 0.5) is 4.39 Å². The molecule has 0 bridgehead atoms. The van der Waals surface area contributed by atoms with E-state index in [9.17, 15) is 12.8 Å². The Balaban J connectivity index is 0.00000450. The van der Waals surface area contributed by atoms with Crippen LogP contribution in [0.2, 0.25) is 0 Å². The second kappa shape index (κ2) is 12.2. The van der Waals surface area contributed by atoms with Gasteiger partial charge in [0.1, 0.15) is 11.6 Å². The van der Waals surface area contributed by atoms with Gasteiger partial charge >= 0.3 is 0 Å². The molecule has 1 aromatic carbocycles. The molecular weight excluding hydrogens is 520 g/mol. The number of nitrogens with zero attached hydrogens (tertiary/aromatic N) is 3. The Labute approximate surface area is 195 Å². The summed E-state index contributed by atoms with van der Waals surface area (Å²) in [5.74, 6) is 1.40. The van der Waals surface area contributed by atoms with E-state index in [0.717, 1.165) is 18.6 Å². The van der Waals surface area contributed by atoms with Crippen LogP contribution in [0.1, 0.15) is 37.7 Å². The van der Waals surface area contributed by atoms with E-state index in [4.69, 9.17) is 0 Å². The first kappa shape index (κ1) is 26.3. The number of aromatic nitrogens is 2. The van der Waals surface area contributed by atoms with Crippen molar-refractivity contribution >= 4 is 39.8 Å². The second-order valence-corrected chi connectivity index (χ2v) is 9.56. The minimum atomic E-state index is -3.23. The molecule has 2 N–H and O–H groups in total. The minimum Gasteiger partial charge on any atom is -0.357 e. The number of sulfone groups is 1. The number of rotatable bonds is 9. The van der Waals surface area contributed by atoms with Gasteiger partial charge < -0.3 is 15.2 Å². The molecule has 0 aliphatic heterocycles. The highest BCUT2D eigenvalue weighted by Gasteiger charge is 2.11. The van der Waals surface area contributed by atoms with Gasteiger partial charge in [-0.05, 0) is 36.1 Å². The molecule has 1 heterocycles. The molecule has 0 aliphatic rings. The van der Waals surface area contributed by atoms with Gasteiger partial charge in [0.15, 0.2) is 15.8 Å². The van der Waals surface area contributed by atoms with Crippen molar-refractivity contribution in [3.05, 3.63) is 53.4 Å². The average Bonchev–Trinajstić information content (AvgIpc) is 3.04. The smallest absolute Gasteiger partial charge is 0.191 e. The Hall–Kier alpha value is -1.69. The zero-order chi connectivity index (χ0) is 21.4. The van der Waals surface area contributed by atoms with Gasteiger partial charge in [-0.25, -0.2) is 22.8 Å². The van der Waals surface area contributed by atoms with E-state index >= 15 is 0 Å². The molecule has 0 aliphatic carbocycles. The Morgan fingerprint density at radius 2 is 2.00 bits per heavy atom. The molecule has 0 saturated carbocycles. The number of benzene rings is 1. The lowest BCUT2D eigenvalue weighted by atomic mass is 10.1. The first-order valence-electron chi connectivity index (χ1n) is 9.65. The Morgan fingerprint density at radius 3 is 2.63 bits per heavy atom. The van der Waals surface area contributed by atoms with Crippen LogP contribution in [0.15, 0.2) is 35.6 Å². The van der Waals surface area contributed by atoms with Crippen LogP contribution in [0, 0.1) is 11.7 Å². The van der Waals surface area contributed by atoms with Gasteiger partial charge in [0.25, 0.3) is 0 Å². The van der Waals surface area contributed by atoms with Crippen LogP contribution in [-0.4, -0.2) is 36.7 Å². The van der Waals surface area contributed by atoms with Crippen LogP contribution >= 0.6 is 24.0 Å². The largest absolute Gasteiger partial charge is 0.357 e. The molecule has 7 nitrogen and oxygen atoms in total. The summed E-state index contributed by atoms with van der Waals surface area (Å²) in [5.41, 5.74) is 1.11. The predicted octanol–water partition coefficient (Wildman–Crippen LogP) is 3.10. The van der Waals surface area contributed by atoms with Gasteiger partial charge in [-0.15, -0.1) is 24.0 Å². The summed E-state index contributed by atoms with van der Waals surface area (Å²) in [7, 11) is -3.23. The van der Waals surface area contributed by atoms with Gasteiger partial charge in [-0.3, -0.25) is 0 Å². The number of guanidine groups is 1. The highest BCUT2D eigenvalue weighted by atomic mass is 127. The van der Waals surface area contributed by atoms with Crippen molar-refractivity contribution in [1.29, 1.82) is 0 Å². The molecule has 0 atom stereocenters. The third-order valence-corrected chi connectivity index (χ3v) is 4.95. The number of halogens is 2. The molecular formula is C20H31FIN5O2S. The first-order chi connectivity index (χ1) is 13.7. The maximum atomic E-state index is 13.7. The van der Waals surface area contributed by atoms with E-state index in [-0.39, 0.29) is 36.3 Å². The third kappa shape index (κ3) is 8.99. The van der Waals surface area contributed by atoms with Crippen LogP contribution in [0.5, 0.6) is 0 Å². The van der Waals surface area contributed by atoms with E-state index in [1.807, 2.05) is 13.1 Å². The van der Waals surface area contributed by atoms with Gasteiger partial charge in [0.05, 0.1) is 18.8 Å². The fourth-order valence-corrected chi connectivity index (χ4v) is 3.75. The quantitative estimate of drug-likeness (QED) is 0.284. The molecule has 0 spiro atoms. The van der Waals surface area contributed by atoms with Crippen molar-refractivity contribution in [1.82, 2.24) is 20.2 Å². The van der Waals surface area contributed by atoms with Crippen molar-refractivity contribution in [3.8, 4) is 0 Å². The number of imidazole rings is 1. The van der Waals surface area contributed by atoms with Gasteiger partial charge in [0.2, 0.25) is 0 Å². The lowest BCUT2D eigenvalue weighted by molar-refractivity contribution is 0.503. The molecule has 0 saturated heterocycles. The molecule has 0 unspecified atom stereocenters. The highest BCUT2D eigenvalue weighted by molar-refractivity contribution is 14.0. The monoisotopic (exact) mass is 551 g/mol. The highest BCUT2D eigenvalue weighted by Crippen LogP contribution is 2.15. The van der Waals surface area contributed by atoms with Gasteiger partial charge in [0, 0.05) is 31.7 Å². The van der Waals surface area contributed by atoms with E-state index in [0.29, 0.717) is 36.1 Å². The zero-order valence-corrected chi connectivity index (χ0v) is 21.0. The fourth-order valence-electron chi connectivity index (χ4n) is 2.90. The van der Waals surface area contributed by atoms with Crippen LogP contribution in [-0.2, 0) is 35.2 Å².